The number of anilines is 3. The molecule has 2 rings (SSSR count). The van der Waals surface area contributed by atoms with Gasteiger partial charge in [0.25, 0.3) is 0 Å². The Kier molecular flexibility index (Phi) is 4.14. The van der Waals surface area contributed by atoms with E-state index in [-0.39, 0.29) is 17.3 Å². The number of hydrogen-bond donors (Lipinski definition) is 2. The summed E-state index contributed by atoms with van der Waals surface area (Å²) in [7, 11) is 1.57. The molecule has 7 nitrogen and oxygen atoms in total. The zero-order valence-electron chi connectivity index (χ0n) is 10.8. The van der Waals surface area contributed by atoms with Crippen molar-refractivity contribution in [2.24, 2.45) is 0 Å². The first-order chi connectivity index (χ1) is 9.52. The van der Waals surface area contributed by atoms with Crippen molar-refractivity contribution in [3.05, 3.63) is 44.7 Å². The van der Waals surface area contributed by atoms with E-state index in [0.29, 0.717) is 0 Å². The summed E-state index contributed by atoms with van der Waals surface area (Å²) < 4.78 is 0.939. The first kappa shape index (κ1) is 14.2. The SMILES string of the molecule is CNc1ncnc(Nc2ccc(Br)cc2C)c1[N+](=O)[O-]. The molecule has 0 fully saturated rings. The Balaban J connectivity index is 2.45. The third-order valence-electron chi connectivity index (χ3n) is 2.68. The predicted octanol–water partition coefficient (Wildman–Crippen LogP) is 3.24. The zero-order chi connectivity index (χ0) is 14.7. The van der Waals surface area contributed by atoms with Crippen LogP contribution in [0.4, 0.5) is 23.0 Å². The average Bonchev–Trinajstić information content (AvgIpc) is 2.41. The molecule has 0 aliphatic heterocycles. The van der Waals surface area contributed by atoms with Crippen molar-refractivity contribution >= 4 is 38.9 Å². The molecule has 8 heteroatoms. The molecule has 0 atom stereocenters. The molecule has 0 amide bonds. The van der Waals surface area contributed by atoms with Crippen molar-refractivity contribution in [1.82, 2.24) is 9.97 Å². The van der Waals surface area contributed by atoms with Gasteiger partial charge in [0.2, 0.25) is 11.6 Å². The van der Waals surface area contributed by atoms with E-state index in [2.05, 4.69) is 36.5 Å². The fourth-order valence-corrected chi connectivity index (χ4v) is 2.20. The molecule has 1 aromatic heterocycles. The first-order valence-corrected chi connectivity index (χ1v) is 6.52. The highest BCUT2D eigenvalue weighted by molar-refractivity contribution is 9.10. The summed E-state index contributed by atoms with van der Waals surface area (Å²) in [5.74, 6) is 0.321. The lowest BCUT2D eigenvalue weighted by Gasteiger charge is -2.10. The van der Waals surface area contributed by atoms with Gasteiger partial charge in [-0.15, -0.1) is 0 Å². The van der Waals surface area contributed by atoms with E-state index in [4.69, 9.17) is 0 Å². The molecule has 0 aliphatic carbocycles. The molecule has 0 aliphatic rings. The van der Waals surface area contributed by atoms with E-state index in [9.17, 15) is 10.1 Å². The second-order valence-corrected chi connectivity index (χ2v) is 4.93. The van der Waals surface area contributed by atoms with Gasteiger partial charge in [-0.3, -0.25) is 10.1 Å². The van der Waals surface area contributed by atoms with Gasteiger partial charge in [0, 0.05) is 17.2 Å². The smallest absolute Gasteiger partial charge is 0.353 e. The maximum Gasteiger partial charge on any atom is 0.353 e. The number of benzene rings is 1. The molecule has 0 saturated heterocycles. The standard InChI is InChI=1S/C12H12BrN5O2/c1-7-5-8(13)3-4-9(7)17-12-10(18(19)20)11(14-2)15-6-16-12/h3-6H,1-2H3,(H2,14,15,16,17). The van der Waals surface area contributed by atoms with Gasteiger partial charge < -0.3 is 10.6 Å². The number of nitro groups is 1. The molecule has 0 unspecified atom stereocenters. The van der Waals surface area contributed by atoms with Crippen LogP contribution in [0, 0.1) is 17.0 Å². The van der Waals surface area contributed by atoms with Gasteiger partial charge in [-0.1, -0.05) is 15.9 Å². The van der Waals surface area contributed by atoms with Gasteiger partial charge in [0.1, 0.15) is 6.33 Å². The minimum atomic E-state index is -0.512. The Morgan fingerprint density at radius 3 is 2.60 bits per heavy atom. The van der Waals surface area contributed by atoms with Crippen molar-refractivity contribution in [3.8, 4) is 0 Å². The van der Waals surface area contributed by atoms with Crippen molar-refractivity contribution < 1.29 is 4.92 Å². The van der Waals surface area contributed by atoms with Crippen molar-refractivity contribution in [2.75, 3.05) is 17.7 Å². The third kappa shape index (κ3) is 2.85. The van der Waals surface area contributed by atoms with Crippen LogP contribution >= 0.6 is 15.9 Å². The normalized spacial score (nSPS) is 10.2. The van der Waals surface area contributed by atoms with Crippen LogP contribution in [-0.2, 0) is 0 Å². The largest absolute Gasteiger partial charge is 0.367 e. The highest BCUT2D eigenvalue weighted by Gasteiger charge is 2.22. The number of rotatable bonds is 4. The minimum absolute atomic E-state index is 0.153. The Labute approximate surface area is 123 Å². The van der Waals surface area contributed by atoms with Gasteiger partial charge in [-0.2, -0.15) is 0 Å². The Morgan fingerprint density at radius 1 is 1.30 bits per heavy atom. The van der Waals surface area contributed by atoms with E-state index in [0.717, 1.165) is 15.7 Å². The first-order valence-electron chi connectivity index (χ1n) is 5.73. The summed E-state index contributed by atoms with van der Waals surface area (Å²) in [5.41, 5.74) is 1.51. The van der Waals surface area contributed by atoms with E-state index >= 15 is 0 Å². The molecule has 0 bridgehead atoms. The third-order valence-corrected chi connectivity index (χ3v) is 3.18. The summed E-state index contributed by atoms with van der Waals surface area (Å²) >= 11 is 3.37. The second-order valence-electron chi connectivity index (χ2n) is 4.01. The van der Waals surface area contributed by atoms with Crippen LogP contribution in [0.2, 0.25) is 0 Å². The molecular formula is C12H12BrN5O2. The lowest BCUT2D eigenvalue weighted by Crippen LogP contribution is -2.05. The van der Waals surface area contributed by atoms with Gasteiger partial charge in [0.05, 0.1) is 4.92 Å². The minimum Gasteiger partial charge on any atom is -0.367 e. The molecule has 2 aromatic rings. The zero-order valence-corrected chi connectivity index (χ0v) is 12.4. The van der Waals surface area contributed by atoms with Gasteiger partial charge >= 0.3 is 5.69 Å². The molecule has 0 radical (unpaired) electrons. The van der Waals surface area contributed by atoms with Crippen LogP contribution in [0.5, 0.6) is 0 Å². The van der Waals surface area contributed by atoms with E-state index in [1.807, 2.05) is 25.1 Å². The van der Waals surface area contributed by atoms with Crippen molar-refractivity contribution in [1.29, 1.82) is 0 Å². The highest BCUT2D eigenvalue weighted by Crippen LogP contribution is 2.32. The topological polar surface area (TPSA) is 93.0 Å². The Morgan fingerprint density at radius 2 is 2.00 bits per heavy atom. The maximum absolute atomic E-state index is 11.2. The van der Waals surface area contributed by atoms with Gasteiger partial charge in [0.15, 0.2) is 0 Å². The van der Waals surface area contributed by atoms with Gasteiger partial charge in [-0.05, 0) is 30.7 Å². The lowest BCUT2D eigenvalue weighted by atomic mass is 10.2. The summed E-state index contributed by atoms with van der Waals surface area (Å²) in [4.78, 5) is 18.5. The maximum atomic E-state index is 11.2. The fraction of sp³-hybridized carbons (Fsp3) is 0.167. The van der Waals surface area contributed by atoms with E-state index < -0.39 is 4.92 Å². The van der Waals surface area contributed by atoms with Crippen LogP contribution in [0.1, 0.15) is 5.56 Å². The second kappa shape index (κ2) is 5.83. The molecule has 2 N–H and O–H groups in total. The monoisotopic (exact) mass is 337 g/mol. The molecule has 1 heterocycles. The number of nitrogens with zero attached hydrogens (tertiary/aromatic N) is 3. The fourth-order valence-electron chi connectivity index (χ4n) is 1.72. The molecule has 20 heavy (non-hydrogen) atoms. The van der Waals surface area contributed by atoms with Crippen LogP contribution < -0.4 is 10.6 Å². The molecule has 0 saturated carbocycles. The van der Waals surface area contributed by atoms with Crippen LogP contribution in [0.15, 0.2) is 29.0 Å². The van der Waals surface area contributed by atoms with Crippen LogP contribution in [0.25, 0.3) is 0 Å². The van der Waals surface area contributed by atoms with E-state index in [1.54, 1.807) is 7.05 Å². The van der Waals surface area contributed by atoms with Crippen LogP contribution in [0.3, 0.4) is 0 Å². The summed E-state index contributed by atoms with van der Waals surface area (Å²) in [6.07, 6.45) is 1.27. The van der Waals surface area contributed by atoms with Gasteiger partial charge in [-0.25, -0.2) is 9.97 Å². The molecule has 104 valence electrons. The quantitative estimate of drug-likeness (QED) is 0.657. The predicted molar refractivity (Wildman–Crippen MR) is 80.4 cm³/mol. The Bertz CT molecular complexity index is 662. The number of halogens is 1. The number of aryl methyl sites for hydroxylation is 1. The van der Waals surface area contributed by atoms with E-state index in [1.165, 1.54) is 6.33 Å². The van der Waals surface area contributed by atoms with Crippen LogP contribution in [-0.4, -0.2) is 21.9 Å². The van der Waals surface area contributed by atoms with Crippen molar-refractivity contribution in [3.63, 3.8) is 0 Å². The van der Waals surface area contributed by atoms with Crippen molar-refractivity contribution in [2.45, 2.75) is 6.92 Å². The average molecular weight is 338 g/mol. The number of hydrogen-bond acceptors (Lipinski definition) is 6. The number of nitrogens with one attached hydrogen (secondary N) is 2. The summed E-state index contributed by atoms with van der Waals surface area (Å²) in [6.45, 7) is 1.90. The summed E-state index contributed by atoms with van der Waals surface area (Å²) in [5, 5.41) is 16.8. The molecular weight excluding hydrogens is 326 g/mol. The Hall–Kier alpha value is -2.22. The molecule has 0 spiro atoms. The highest BCUT2D eigenvalue weighted by atomic mass is 79.9. The summed E-state index contributed by atoms with van der Waals surface area (Å²) in [6, 6.07) is 5.58. The lowest BCUT2D eigenvalue weighted by molar-refractivity contribution is -0.383. The molecule has 1 aromatic carbocycles. The number of aromatic nitrogens is 2.